The van der Waals surface area contributed by atoms with Crippen molar-refractivity contribution in [1.82, 2.24) is 0 Å². The minimum atomic E-state index is -0.568. The largest absolute Gasteiger partial charge is 0.491 e. The molecule has 2 fully saturated rings. The SMILES string of the molecule is CC(CCCc1ccccc1)Oc1ccc([C@H]2CC3(CCC[C@H]2CC=O)OCCO3)c(OCc2ccccc2)c1. The van der Waals surface area contributed by atoms with Crippen LogP contribution in [0.1, 0.15) is 74.5 Å². The van der Waals surface area contributed by atoms with Gasteiger partial charge in [-0.3, -0.25) is 0 Å². The molecule has 1 saturated heterocycles. The predicted octanol–water partition coefficient (Wildman–Crippen LogP) is 7.66. The summed E-state index contributed by atoms with van der Waals surface area (Å²) in [6.07, 6.45) is 8.29. The first-order valence-electron chi connectivity index (χ1n) is 14.9. The lowest BCUT2D eigenvalue weighted by molar-refractivity contribution is -0.168. The molecule has 3 atom stereocenters. The third kappa shape index (κ3) is 7.52. The normalized spacial score (nSPS) is 21.0. The van der Waals surface area contributed by atoms with Crippen molar-refractivity contribution in [3.05, 3.63) is 95.6 Å². The third-order valence-electron chi connectivity index (χ3n) is 8.32. The van der Waals surface area contributed by atoms with Crippen LogP contribution in [-0.4, -0.2) is 31.4 Å². The van der Waals surface area contributed by atoms with Crippen LogP contribution in [0.4, 0.5) is 0 Å². The fourth-order valence-electron chi connectivity index (χ4n) is 6.25. The molecule has 1 aliphatic heterocycles. The maximum Gasteiger partial charge on any atom is 0.169 e. The molecule has 3 aromatic rings. The van der Waals surface area contributed by atoms with E-state index in [2.05, 4.69) is 61.5 Å². The fourth-order valence-corrected chi connectivity index (χ4v) is 6.25. The van der Waals surface area contributed by atoms with Crippen LogP contribution in [-0.2, 0) is 27.3 Å². The smallest absolute Gasteiger partial charge is 0.169 e. The number of benzene rings is 3. The summed E-state index contributed by atoms with van der Waals surface area (Å²) in [5, 5.41) is 0. The van der Waals surface area contributed by atoms with Crippen molar-refractivity contribution in [2.24, 2.45) is 5.92 Å². The summed E-state index contributed by atoms with van der Waals surface area (Å²) < 4.78 is 25.3. The zero-order chi connectivity index (χ0) is 27.6. The van der Waals surface area contributed by atoms with Crippen LogP contribution >= 0.6 is 0 Å². The van der Waals surface area contributed by atoms with E-state index in [0.717, 1.165) is 73.9 Å². The van der Waals surface area contributed by atoms with Crippen LogP contribution in [0.2, 0.25) is 0 Å². The molecule has 0 aromatic heterocycles. The highest BCUT2D eigenvalue weighted by atomic mass is 16.7. The lowest BCUT2D eigenvalue weighted by Crippen LogP contribution is -2.32. The Morgan fingerprint density at radius 3 is 2.42 bits per heavy atom. The van der Waals surface area contributed by atoms with Gasteiger partial charge in [0.05, 0.1) is 19.3 Å². The highest BCUT2D eigenvalue weighted by Gasteiger charge is 2.44. The molecule has 0 amide bonds. The minimum absolute atomic E-state index is 0.0841. The van der Waals surface area contributed by atoms with Crippen LogP contribution < -0.4 is 9.47 Å². The fraction of sp³-hybridized carbons (Fsp3) is 0.457. The van der Waals surface area contributed by atoms with Gasteiger partial charge in [-0.25, -0.2) is 0 Å². The molecule has 40 heavy (non-hydrogen) atoms. The summed E-state index contributed by atoms with van der Waals surface area (Å²) in [7, 11) is 0. The van der Waals surface area contributed by atoms with Crippen molar-refractivity contribution < 1.29 is 23.7 Å². The van der Waals surface area contributed by atoms with Gasteiger partial charge in [0.1, 0.15) is 24.4 Å². The second kappa shape index (κ2) is 14.0. The Morgan fingerprint density at radius 1 is 0.975 bits per heavy atom. The van der Waals surface area contributed by atoms with E-state index in [-0.39, 0.29) is 17.9 Å². The summed E-state index contributed by atoms with van der Waals surface area (Å²) in [6.45, 7) is 3.84. The third-order valence-corrected chi connectivity index (χ3v) is 8.32. The molecule has 0 bridgehead atoms. The molecule has 5 nitrogen and oxygen atoms in total. The van der Waals surface area contributed by atoms with Crippen LogP contribution in [0.5, 0.6) is 11.5 Å². The average Bonchev–Trinajstić information content (AvgIpc) is 3.36. The Morgan fingerprint density at radius 2 is 1.70 bits per heavy atom. The van der Waals surface area contributed by atoms with Gasteiger partial charge in [-0.2, -0.15) is 0 Å². The maximum atomic E-state index is 11.7. The Balaban J connectivity index is 1.35. The number of hydrogen-bond acceptors (Lipinski definition) is 5. The number of ether oxygens (including phenoxy) is 4. The highest BCUT2D eigenvalue weighted by molar-refractivity contribution is 5.51. The standard InChI is InChI=1S/C35H42O5/c1-27(10-8-15-28-11-4-2-5-12-28)40-31-17-18-32(34(24-31)37-26-29-13-6-3-7-14-29)33-25-35(38-22-23-39-35)20-9-16-30(33)19-21-36/h2-7,11-14,17-18,21,24,27,30,33H,8-10,15-16,19-20,22-23,25-26H2,1H3/t27?,30-,33-/m0/s1. The topological polar surface area (TPSA) is 54.0 Å². The summed E-state index contributed by atoms with van der Waals surface area (Å²) in [5.41, 5.74) is 3.57. The zero-order valence-electron chi connectivity index (χ0n) is 23.6. The first kappa shape index (κ1) is 28.4. The van der Waals surface area contributed by atoms with Crippen molar-refractivity contribution >= 4 is 6.29 Å². The van der Waals surface area contributed by atoms with Gasteiger partial charge >= 0.3 is 0 Å². The van der Waals surface area contributed by atoms with E-state index in [9.17, 15) is 4.79 Å². The van der Waals surface area contributed by atoms with Gasteiger partial charge in [-0.1, -0.05) is 66.7 Å². The van der Waals surface area contributed by atoms with Crippen molar-refractivity contribution in [2.45, 2.75) is 82.7 Å². The molecule has 1 unspecified atom stereocenters. The molecule has 5 rings (SSSR count). The Kier molecular flexibility index (Phi) is 9.90. The van der Waals surface area contributed by atoms with Crippen LogP contribution in [0, 0.1) is 5.92 Å². The molecule has 1 heterocycles. The minimum Gasteiger partial charge on any atom is -0.491 e. The second-order valence-corrected chi connectivity index (χ2v) is 11.3. The number of carbonyl (C=O) groups excluding carboxylic acids is 1. The quantitative estimate of drug-likeness (QED) is 0.220. The van der Waals surface area contributed by atoms with E-state index >= 15 is 0 Å². The summed E-state index contributed by atoms with van der Waals surface area (Å²) in [5.74, 6) is 1.36. The molecule has 2 aliphatic rings. The van der Waals surface area contributed by atoms with E-state index in [4.69, 9.17) is 18.9 Å². The lowest BCUT2D eigenvalue weighted by atomic mass is 9.79. The van der Waals surface area contributed by atoms with E-state index in [0.29, 0.717) is 26.2 Å². The van der Waals surface area contributed by atoms with Crippen molar-refractivity contribution in [3.8, 4) is 11.5 Å². The molecule has 1 spiro atoms. The molecule has 3 aromatic carbocycles. The predicted molar refractivity (Wildman–Crippen MR) is 157 cm³/mol. The molecule has 1 aliphatic carbocycles. The van der Waals surface area contributed by atoms with Gasteiger partial charge < -0.3 is 23.7 Å². The number of aryl methyl sites for hydroxylation is 1. The van der Waals surface area contributed by atoms with Gasteiger partial charge in [0.2, 0.25) is 0 Å². The molecule has 5 heteroatoms. The average molecular weight is 543 g/mol. The molecule has 0 N–H and O–H groups in total. The van der Waals surface area contributed by atoms with Crippen LogP contribution in [0.15, 0.2) is 78.9 Å². The van der Waals surface area contributed by atoms with Gasteiger partial charge in [-0.05, 0) is 73.6 Å². The Labute approximate surface area is 238 Å². The molecule has 1 saturated carbocycles. The first-order chi connectivity index (χ1) is 19.6. The molecule has 0 radical (unpaired) electrons. The Hall–Kier alpha value is -3.15. The molecular formula is C35H42O5. The van der Waals surface area contributed by atoms with Gasteiger partial charge in [-0.15, -0.1) is 0 Å². The molecular weight excluding hydrogens is 500 g/mol. The van der Waals surface area contributed by atoms with E-state index < -0.39 is 5.79 Å². The van der Waals surface area contributed by atoms with E-state index in [1.807, 2.05) is 24.3 Å². The number of aldehydes is 1. The summed E-state index contributed by atoms with van der Waals surface area (Å²) in [4.78, 5) is 11.7. The van der Waals surface area contributed by atoms with E-state index in [1.165, 1.54) is 5.56 Å². The number of hydrogen-bond donors (Lipinski definition) is 0. The van der Waals surface area contributed by atoms with Crippen molar-refractivity contribution in [2.75, 3.05) is 13.2 Å². The van der Waals surface area contributed by atoms with E-state index in [1.54, 1.807) is 0 Å². The van der Waals surface area contributed by atoms with Gasteiger partial charge in [0.25, 0.3) is 0 Å². The monoisotopic (exact) mass is 542 g/mol. The van der Waals surface area contributed by atoms with Crippen LogP contribution in [0.3, 0.4) is 0 Å². The maximum absolute atomic E-state index is 11.7. The van der Waals surface area contributed by atoms with Gasteiger partial charge in [0.15, 0.2) is 5.79 Å². The summed E-state index contributed by atoms with van der Waals surface area (Å²) >= 11 is 0. The van der Waals surface area contributed by atoms with Crippen molar-refractivity contribution in [1.29, 1.82) is 0 Å². The number of rotatable bonds is 12. The van der Waals surface area contributed by atoms with Crippen LogP contribution in [0.25, 0.3) is 0 Å². The van der Waals surface area contributed by atoms with Gasteiger partial charge in [0, 0.05) is 25.3 Å². The Bertz CT molecular complexity index is 1190. The lowest BCUT2D eigenvalue weighted by Gasteiger charge is -2.32. The summed E-state index contributed by atoms with van der Waals surface area (Å²) in [6, 6.07) is 27.1. The van der Waals surface area contributed by atoms with Crippen molar-refractivity contribution in [3.63, 3.8) is 0 Å². The second-order valence-electron chi connectivity index (χ2n) is 11.3. The molecule has 212 valence electrons. The highest BCUT2D eigenvalue weighted by Crippen LogP contribution is 2.48. The number of carbonyl (C=O) groups is 1. The zero-order valence-corrected chi connectivity index (χ0v) is 23.6. The first-order valence-corrected chi connectivity index (χ1v) is 14.9.